The Balaban J connectivity index is 1.34. The maximum atomic E-state index is 5.62. The van der Waals surface area contributed by atoms with Gasteiger partial charge in [-0.2, -0.15) is 0 Å². The standard InChI is InChI=1S/C67H77N5S2/c1-11-21-23-25-31-44-39-47(73-66(44)67-45(32-26-24-22-12-2)40-48(74-67)37-36-46-33-29-30-38-68-46)34-27-28-35-57-64-55(19-9)53(17-7)62(71-64)42-60-51(15-5)49(13-3)58(69-60)41-59-50(14-4)52(16-6)61(70-59)43-63-54(18-8)56(20-10)65(57)72-63/h29-30,33,38-43,69-70H,11-26,31-32H2,1-10H3. The molecular formula is C67H77N5S2. The minimum absolute atomic E-state index is 0.796. The van der Waals surface area contributed by atoms with E-state index in [1.165, 1.54) is 121 Å². The average Bonchev–Trinajstić information content (AvgIpc) is 4.28. The number of aryl methyl sites for hydroxylation is 6. The maximum absolute atomic E-state index is 5.62. The van der Waals surface area contributed by atoms with Crippen LogP contribution >= 0.6 is 22.7 Å². The molecule has 0 fully saturated rings. The van der Waals surface area contributed by atoms with Crippen molar-refractivity contribution in [3.05, 3.63) is 132 Å². The Morgan fingerprint density at radius 1 is 0.446 bits per heavy atom. The number of rotatable bonds is 19. The number of hydrogen-bond donors (Lipinski definition) is 2. The van der Waals surface area contributed by atoms with Crippen LogP contribution in [0.15, 0.2) is 54.7 Å². The average molecular weight is 1020 g/mol. The molecule has 0 aromatic carbocycles. The summed E-state index contributed by atoms with van der Waals surface area (Å²) in [5, 5.41) is 0. The fourth-order valence-corrected chi connectivity index (χ4v) is 13.6. The molecule has 2 N–H and O–H groups in total. The summed E-state index contributed by atoms with van der Waals surface area (Å²) in [4.78, 5) is 28.4. The van der Waals surface area contributed by atoms with Crippen LogP contribution in [-0.2, 0) is 38.5 Å². The van der Waals surface area contributed by atoms with E-state index in [2.05, 4.69) is 150 Å². The summed E-state index contributed by atoms with van der Waals surface area (Å²) in [6.07, 6.45) is 20.8. The van der Waals surface area contributed by atoms with Crippen LogP contribution in [0, 0.1) is 35.5 Å². The third-order valence-corrected chi connectivity index (χ3v) is 17.3. The Morgan fingerprint density at radius 3 is 1.34 bits per heavy atom. The number of aromatic nitrogens is 5. The van der Waals surface area contributed by atoms with Crippen molar-refractivity contribution in [3.8, 4) is 45.3 Å². The molecule has 74 heavy (non-hydrogen) atoms. The van der Waals surface area contributed by atoms with E-state index in [9.17, 15) is 0 Å². The van der Waals surface area contributed by atoms with Crippen LogP contribution in [0.3, 0.4) is 0 Å². The third kappa shape index (κ3) is 11.7. The number of aromatic amines is 2. The normalized spacial score (nSPS) is 12.2. The first-order valence-electron chi connectivity index (χ1n) is 28.2. The topological polar surface area (TPSA) is 70.2 Å². The SMILES string of the molecule is CCCCCCc1cc(C#CC#Cc2c3nc(cc4[nH]c(cc5[nH]c(cc6nc2C(CC)=C6CC)c(CC)c5CC)c(CC)c4CC)C(CC)=C3CC)sc1-c1sc(C#Cc2ccccn2)cc1CCCCCC. The summed E-state index contributed by atoms with van der Waals surface area (Å²) in [7, 11) is 0. The molecule has 8 bridgehead atoms. The molecule has 0 spiro atoms. The first-order valence-corrected chi connectivity index (χ1v) is 29.9. The molecule has 382 valence electrons. The van der Waals surface area contributed by atoms with E-state index in [-0.39, 0.29) is 0 Å². The van der Waals surface area contributed by atoms with E-state index >= 15 is 0 Å². The van der Waals surface area contributed by atoms with Gasteiger partial charge in [-0.3, -0.25) is 0 Å². The lowest BCUT2D eigenvalue weighted by atomic mass is 9.94. The van der Waals surface area contributed by atoms with Crippen molar-refractivity contribution in [2.24, 2.45) is 0 Å². The second-order valence-electron chi connectivity index (χ2n) is 19.6. The van der Waals surface area contributed by atoms with Gasteiger partial charge in [0.05, 0.1) is 38.1 Å². The smallest absolute Gasteiger partial charge is 0.113 e. The zero-order valence-electron chi connectivity index (χ0n) is 46.1. The number of fused-ring (bicyclic) bond motifs is 8. The van der Waals surface area contributed by atoms with Crippen molar-refractivity contribution in [2.75, 3.05) is 0 Å². The van der Waals surface area contributed by atoms with Crippen LogP contribution in [0.5, 0.6) is 0 Å². The number of H-pyrrole nitrogens is 2. The number of nitrogens with zero attached hydrogens (tertiary/aromatic N) is 3. The van der Waals surface area contributed by atoms with Gasteiger partial charge < -0.3 is 9.97 Å². The molecule has 8 rings (SSSR count). The second-order valence-corrected chi connectivity index (χ2v) is 21.7. The Labute approximate surface area is 451 Å². The largest absolute Gasteiger partial charge is 0.355 e. The molecule has 0 aliphatic carbocycles. The van der Waals surface area contributed by atoms with Gasteiger partial charge >= 0.3 is 0 Å². The van der Waals surface area contributed by atoms with Gasteiger partial charge in [-0.1, -0.05) is 114 Å². The van der Waals surface area contributed by atoms with E-state index in [0.29, 0.717) is 0 Å². The first kappa shape index (κ1) is 54.1. The lowest BCUT2D eigenvalue weighted by Gasteiger charge is -2.08. The lowest BCUT2D eigenvalue weighted by molar-refractivity contribution is 0.666. The minimum Gasteiger partial charge on any atom is -0.355 e. The van der Waals surface area contributed by atoms with Gasteiger partial charge in [-0.15, -0.1) is 22.7 Å². The van der Waals surface area contributed by atoms with Gasteiger partial charge in [0.2, 0.25) is 0 Å². The maximum Gasteiger partial charge on any atom is 0.113 e. The minimum atomic E-state index is 0.796. The Kier molecular flexibility index (Phi) is 18.9. The number of thiophene rings is 2. The van der Waals surface area contributed by atoms with Crippen molar-refractivity contribution in [1.82, 2.24) is 24.9 Å². The molecule has 0 atom stereocenters. The summed E-state index contributed by atoms with van der Waals surface area (Å²) in [5.41, 5.74) is 23.5. The number of pyridine rings is 1. The van der Waals surface area contributed by atoms with Crippen molar-refractivity contribution in [1.29, 1.82) is 0 Å². The van der Waals surface area contributed by atoms with Gasteiger partial charge in [0.1, 0.15) is 5.69 Å². The van der Waals surface area contributed by atoms with Crippen molar-refractivity contribution in [3.63, 3.8) is 0 Å². The van der Waals surface area contributed by atoms with Crippen LogP contribution in [0.2, 0.25) is 0 Å². The Morgan fingerprint density at radius 2 is 0.905 bits per heavy atom. The predicted molar refractivity (Wildman–Crippen MR) is 321 cm³/mol. The van der Waals surface area contributed by atoms with Crippen LogP contribution in [0.1, 0.15) is 223 Å². The van der Waals surface area contributed by atoms with Gasteiger partial charge in [-0.25, -0.2) is 15.0 Å². The molecule has 6 aromatic heterocycles. The van der Waals surface area contributed by atoms with Crippen molar-refractivity contribution in [2.45, 2.75) is 185 Å². The molecule has 0 saturated heterocycles. The molecule has 7 heteroatoms. The highest BCUT2D eigenvalue weighted by Gasteiger charge is 2.27. The summed E-state index contributed by atoms with van der Waals surface area (Å²) in [6.45, 7) is 22.7. The molecular weight excluding hydrogens is 939 g/mol. The zero-order valence-corrected chi connectivity index (χ0v) is 47.7. The Hall–Kier alpha value is -6.17. The predicted octanol–water partition coefficient (Wildman–Crippen LogP) is 18.3. The second kappa shape index (κ2) is 25.9. The van der Waals surface area contributed by atoms with Crippen LogP contribution in [0.4, 0.5) is 0 Å². The molecule has 2 aliphatic heterocycles. The summed E-state index contributed by atoms with van der Waals surface area (Å²) in [5.74, 6) is 20.9. The first-order chi connectivity index (χ1) is 36.3. The van der Waals surface area contributed by atoms with Crippen LogP contribution < -0.4 is 0 Å². The van der Waals surface area contributed by atoms with E-state index in [1.807, 2.05) is 47.1 Å². The van der Waals surface area contributed by atoms with Gasteiger partial charge in [0, 0.05) is 38.0 Å². The van der Waals surface area contributed by atoms with Crippen molar-refractivity contribution >= 4 is 67.0 Å². The summed E-state index contributed by atoms with van der Waals surface area (Å²) in [6, 6.07) is 17.6. The number of hydrogen-bond acceptors (Lipinski definition) is 5. The molecule has 5 nitrogen and oxygen atoms in total. The van der Waals surface area contributed by atoms with E-state index in [4.69, 9.17) is 9.97 Å². The third-order valence-electron chi connectivity index (χ3n) is 14.9. The molecule has 6 aromatic rings. The van der Waals surface area contributed by atoms with Crippen LogP contribution in [0.25, 0.3) is 54.1 Å². The van der Waals surface area contributed by atoms with E-state index < -0.39 is 0 Å². The van der Waals surface area contributed by atoms with Crippen LogP contribution in [-0.4, -0.2) is 24.9 Å². The fraction of sp³-hybridized carbons (Fsp3) is 0.418. The molecule has 0 saturated carbocycles. The highest BCUT2D eigenvalue weighted by Crippen LogP contribution is 2.43. The quantitative estimate of drug-likeness (QED) is 0.0627. The Bertz CT molecular complexity index is 3300. The molecule has 2 aliphatic rings. The van der Waals surface area contributed by atoms with Gasteiger partial charge in [-0.05, 0) is 211 Å². The van der Waals surface area contributed by atoms with Crippen molar-refractivity contribution < 1.29 is 0 Å². The summed E-state index contributed by atoms with van der Waals surface area (Å²) >= 11 is 3.65. The molecule has 0 unspecified atom stereocenters. The monoisotopic (exact) mass is 1020 g/mol. The number of allylic oxidation sites excluding steroid dienone is 4. The van der Waals surface area contributed by atoms with Gasteiger partial charge in [0.25, 0.3) is 0 Å². The lowest BCUT2D eigenvalue weighted by Crippen LogP contribution is -1.95. The van der Waals surface area contributed by atoms with E-state index in [0.717, 1.165) is 125 Å². The number of nitrogens with one attached hydrogen (secondary N) is 2. The summed E-state index contributed by atoms with van der Waals surface area (Å²) < 4.78 is 0. The molecule has 0 radical (unpaired) electrons. The number of unbranched alkanes of at least 4 members (excludes halogenated alkanes) is 6. The van der Waals surface area contributed by atoms with Gasteiger partial charge in [0.15, 0.2) is 0 Å². The zero-order chi connectivity index (χ0) is 52.1. The highest BCUT2D eigenvalue weighted by atomic mass is 32.1. The molecule has 8 heterocycles. The highest BCUT2D eigenvalue weighted by molar-refractivity contribution is 7.23. The molecule has 0 amide bonds. The van der Waals surface area contributed by atoms with E-state index in [1.54, 1.807) is 0 Å². The fourth-order valence-electron chi connectivity index (χ4n) is 11.3.